The monoisotopic (exact) mass is 259 g/mol. The standard InChI is InChI=1S/C14H14FN3O/c1-2-18(11-6-3-5-10(15)9-11)14(19)13-12(16)7-4-8-17-13/h3-9H,2,16H2,1H3. The zero-order valence-corrected chi connectivity index (χ0v) is 10.5. The molecule has 98 valence electrons. The third-order valence-corrected chi connectivity index (χ3v) is 2.72. The van der Waals surface area contributed by atoms with Crippen LogP contribution >= 0.6 is 0 Å². The summed E-state index contributed by atoms with van der Waals surface area (Å²) in [4.78, 5) is 17.8. The molecule has 0 fully saturated rings. The number of pyridine rings is 1. The molecule has 1 heterocycles. The van der Waals surface area contributed by atoms with Crippen LogP contribution < -0.4 is 10.6 Å². The molecular weight excluding hydrogens is 245 g/mol. The van der Waals surface area contributed by atoms with E-state index in [2.05, 4.69) is 4.98 Å². The van der Waals surface area contributed by atoms with Gasteiger partial charge in [0.05, 0.1) is 5.69 Å². The number of anilines is 2. The van der Waals surface area contributed by atoms with Crippen molar-refractivity contribution in [2.75, 3.05) is 17.2 Å². The van der Waals surface area contributed by atoms with Gasteiger partial charge >= 0.3 is 0 Å². The Hall–Kier alpha value is -2.43. The molecular formula is C14H14FN3O. The third-order valence-electron chi connectivity index (χ3n) is 2.72. The van der Waals surface area contributed by atoms with Crippen molar-refractivity contribution in [3.05, 3.63) is 54.1 Å². The number of hydrogen-bond acceptors (Lipinski definition) is 3. The number of benzene rings is 1. The van der Waals surface area contributed by atoms with E-state index in [0.717, 1.165) is 0 Å². The van der Waals surface area contributed by atoms with Crippen LogP contribution in [0.3, 0.4) is 0 Å². The van der Waals surface area contributed by atoms with Gasteiger partial charge in [-0.3, -0.25) is 4.79 Å². The Balaban J connectivity index is 2.38. The highest BCUT2D eigenvalue weighted by molar-refractivity contribution is 6.07. The lowest BCUT2D eigenvalue weighted by atomic mass is 10.2. The molecule has 1 aromatic carbocycles. The first kappa shape index (κ1) is 13.0. The summed E-state index contributed by atoms with van der Waals surface area (Å²) in [7, 11) is 0. The van der Waals surface area contributed by atoms with Gasteiger partial charge < -0.3 is 10.6 Å². The lowest BCUT2D eigenvalue weighted by Crippen LogP contribution is -2.32. The van der Waals surface area contributed by atoms with Crippen LogP contribution in [-0.2, 0) is 0 Å². The Morgan fingerprint density at radius 2 is 2.16 bits per heavy atom. The van der Waals surface area contributed by atoms with Crippen molar-refractivity contribution in [1.29, 1.82) is 0 Å². The van der Waals surface area contributed by atoms with Crippen molar-refractivity contribution in [3.63, 3.8) is 0 Å². The minimum Gasteiger partial charge on any atom is -0.397 e. The highest BCUT2D eigenvalue weighted by Gasteiger charge is 2.19. The molecule has 5 heteroatoms. The largest absolute Gasteiger partial charge is 0.397 e. The summed E-state index contributed by atoms with van der Waals surface area (Å²) in [5, 5.41) is 0. The van der Waals surface area contributed by atoms with E-state index in [4.69, 9.17) is 5.73 Å². The zero-order chi connectivity index (χ0) is 13.8. The van der Waals surface area contributed by atoms with Crippen LogP contribution in [0, 0.1) is 5.82 Å². The van der Waals surface area contributed by atoms with Gasteiger partial charge in [0.15, 0.2) is 5.69 Å². The summed E-state index contributed by atoms with van der Waals surface area (Å²) < 4.78 is 13.2. The van der Waals surface area contributed by atoms with E-state index in [1.807, 2.05) is 6.92 Å². The van der Waals surface area contributed by atoms with Gasteiger partial charge in [-0.05, 0) is 37.3 Å². The fourth-order valence-corrected chi connectivity index (χ4v) is 1.81. The van der Waals surface area contributed by atoms with Crippen molar-refractivity contribution >= 4 is 17.3 Å². The fourth-order valence-electron chi connectivity index (χ4n) is 1.81. The van der Waals surface area contributed by atoms with Crippen molar-refractivity contribution in [2.24, 2.45) is 0 Å². The molecule has 19 heavy (non-hydrogen) atoms. The van der Waals surface area contributed by atoms with Crippen molar-refractivity contribution < 1.29 is 9.18 Å². The van der Waals surface area contributed by atoms with Gasteiger partial charge in [-0.2, -0.15) is 0 Å². The molecule has 0 atom stereocenters. The number of carbonyl (C=O) groups is 1. The number of amides is 1. The molecule has 0 aliphatic carbocycles. The van der Waals surface area contributed by atoms with E-state index in [0.29, 0.717) is 17.9 Å². The minimum absolute atomic E-state index is 0.175. The molecule has 2 aromatic rings. The van der Waals surface area contributed by atoms with E-state index < -0.39 is 5.82 Å². The normalized spacial score (nSPS) is 10.2. The highest BCUT2D eigenvalue weighted by atomic mass is 19.1. The molecule has 1 amide bonds. The van der Waals surface area contributed by atoms with Crippen LogP contribution in [0.25, 0.3) is 0 Å². The van der Waals surface area contributed by atoms with Gasteiger partial charge in [0.2, 0.25) is 0 Å². The number of rotatable bonds is 3. The van der Waals surface area contributed by atoms with Gasteiger partial charge in [-0.1, -0.05) is 6.07 Å². The van der Waals surface area contributed by atoms with E-state index >= 15 is 0 Å². The quantitative estimate of drug-likeness (QED) is 0.921. The molecule has 0 aliphatic heterocycles. The van der Waals surface area contributed by atoms with E-state index in [1.165, 1.54) is 23.2 Å². The number of carbonyl (C=O) groups excluding carboxylic acids is 1. The predicted molar refractivity (Wildman–Crippen MR) is 72.4 cm³/mol. The number of nitrogens with two attached hydrogens (primary N) is 1. The van der Waals surface area contributed by atoms with Crippen LogP contribution in [0.5, 0.6) is 0 Å². The van der Waals surface area contributed by atoms with Crippen LogP contribution in [0.4, 0.5) is 15.8 Å². The lowest BCUT2D eigenvalue weighted by Gasteiger charge is -2.21. The second-order valence-corrected chi connectivity index (χ2v) is 3.97. The Kier molecular flexibility index (Phi) is 3.75. The molecule has 0 saturated heterocycles. The summed E-state index contributed by atoms with van der Waals surface area (Å²) in [5.74, 6) is -0.732. The highest BCUT2D eigenvalue weighted by Crippen LogP contribution is 2.19. The first-order valence-corrected chi connectivity index (χ1v) is 5.91. The van der Waals surface area contributed by atoms with Crippen molar-refractivity contribution in [2.45, 2.75) is 6.92 Å². The predicted octanol–water partition coefficient (Wildman–Crippen LogP) is 2.47. The molecule has 0 aliphatic rings. The summed E-state index contributed by atoms with van der Waals surface area (Å²) in [5.41, 5.74) is 6.70. The van der Waals surface area contributed by atoms with Gasteiger partial charge in [-0.15, -0.1) is 0 Å². The zero-order valence-electron chi connectivity index (χ0n) is 10.5. The van der Waals surface area contributed by atoms with Gasteiger partial charge in [0, 0.05) is 18.4 Å². The average Bonchev–Trinajstić information content (AvgIpc) is 2.40. The summed E-state index contributed by atoms with van der Waals surface area (Å²) in [6.07, 6.45) is 1.50. The third kappa shape index (κ3) is 2.70. The van der Waals surface area contributed by atoms with Crippen molar-refractivity contribution in [3.8, 4) is 0 Å². The van der Waals surface area contributed by atoms with Gasteiger partial charge in [-0.25, -0.2) is 9.37 Å². The molecule has 2 N–H and O–H groups in total. The number of halogens is 1. The number of aromatic nitrogens is 1. The number of nitrogen functional groups attached to an aromatic ring is 1. The lowest BCUT2D eigenvalue weighted by molar-refractivity contribution is 0.0984. The average molecular weight is 259 g/mol. The smallest absolute Gasteiger partial charge is 0.278 e. The molecule has 0 bridgehead atoms. The van der Waals surface area contributed by atoms with Crippen LogP contribution in [0.15, 0.2) is 42.6 Å². The number of nitrogens with zero attached hydrogens (tertiary/aromatic N) is 2. The molecule has 0 unspecified atom stereocenters. The van der Waals surface area contributed by atoms with E-state index in [9.17, 15) is 9.18 Å². The maximum Gasteiger partial charge on any atom is 0.278 e. The fraction of sp³-hybridized carbons (Fsp3) is 0.143. The molecule has 0 radical (unpaired) electrons. The number of hydrogen-bond donors (Lipinski definition) is 1. The minimum atomic E-state index is -0.391. The van der Waals surface area contributed by atoms with Crippen molar-refractivity contribution in [1.82, 2.24) is 4.98 Å². The first-order chi connectivity index (χ1) is 9.13. The maximum absolute atomic E-state index is 13.2. The van der Waals surface area contributed by atoms with E-state index in [1.54, 1.807) is 24.3 Å². The summed E-state index contributed by atoms with van der Waals surface area (Å²) in [6, 6.07) is 9.13. The molecule has 4 nitrogen and oxygen atoms in total. The van der Waals surface area contributed by atoms with Crippen LogP contribution in [-0.4, -0.2) is 17.4 Å². The SMILES string of the molecule is CCN(C(=O)c1ncccc1N)c1cccc(F)c1. The van der Waals surface area contributed by atoms with Gasteiger partial charge in [0.25, 0.3) is 5.91 Å². The molecule has 2 rings (SSSR count). The van der Waals surface area contributed by atoms with Gasteiger partial charge in [0.1, 0.15) is 5.82 Å². The Morgan fingerprint density at radius 3 is 2.79 bits per heavy atom. The Bertz CT molecular complexity index is 601. The Labute approximate surface area is 110 Å². The second kappa shape index (κ2) is 5.48. The summed E-state index contributed by atoms with van der Waals surface area (Å²) >= 11 is 0. The van der Waals surface area contributed by atoms with E-state index in [-0.39, 0.29) is 11.6 Å². The van der Waals surface area contributed by atoms with Crippen LogP contribution in [0.2, 0.25) is 0 Å². The molecule has 0 saturated carbocycles. The molecule has 1 aromatic heterocycles. The topological polar surface area (TPSA) is 59.2 Å². The first-order valence-electron chi connectivity index (χ1n) is 5.91. The maximum atomic E-state index is 13.2. The Morgan fingerprint density at radius 1 is 1.37 bits per heavy atom. The summed E-state index contributed by atoms with van der Waals surface area (Å²) in [6.45, 7) is 2.21. The molecule has 0 spiro atoms. The van der Waals surface area contributed by atoms with Crippen LogP contribution in [0.1, 0.15) is 17.4 Å². The second-order valence-electron chi connectivity index (χ2n) is 3.97.